The summed E-state index contributed by atoms with van der Waals surface area (Å²) in [5, 5.41) is 15.5. The molecule has 0 spiro atoms. The van der Waals surface area contributed by atoms with E-state index in [2.05, 4.69) is 5.10 Å². The molecule has 34 heavy (non-hydrogen) atoms. The Morgan fingerprint density at radius 1 is 1.12 bits per heavy atom. The fraction of sp³-hybridized carbons (Fsp3) is 0.360. The Kier molecular flexibility index (Phi) is 6.54. The maximum Gasteiger partial charge on any atom is 0.312 e. The molecule has 0 bridgehead atoms. The molecule has 3 aromatic rings. The van der Waals surface area contributed by atoms with Crippen LogP contribution in [0.25, 0.3) is 0 Å². The van der Waals surface area contributed by atoms with Gasteiger partial charge in [-0.25, -0.2) is 0 Å². The molecule has 0 aliphatic carbocycles. The summed E-state index contributed by atoms with van der Waals surface area (Å²) in [6, 6.07) is 13.1. The van der Waals surface area contributed by atoms with Crippen LogP contribution in [0, 0.1) is 24.0 Å². The van der Waals surface area contributed by atoms with Crippen molar-refractivity contribution in [3.63, 3.8) is 0 Å². The average Bonchev–Trinajstić information content (AvgIpc) is 3.43. The number of nitrogens with zero attached hydrogens (tertiary/aromatic N) is 4. The number of carbonyl (C=O) groups is 1. The Balaban J connectivity index is 1.51. The molecule has 2 heterocycles. The average molecular weight is 465 g/mol. The lowest BCUT2D eigenvalue weighted by Gasteiger charge is -2.26. The van der Waals surface area contributed by atoms with E-state index in [1.807, 2.05) is 47.4 Å². The van der Waals surface area contributed by atoms with Crippen molar-refractivity contribution in [2.24, 2.45) is 0 Å². The van der Waals surface area contributed by atoms with Gasteiger partial charge in [-0.1, -0.05) is 18.2 Å². The maximum atomic E-state index is 13.3. The van der Waals surface area contributed by atoms with Crippen molar-refractivity contribution in [2.75, 3.05) is 20.8 Å². The number of rotatable bonds is 7. The monoisotopic (exact) mass is 464 g/mol. The number of likely N-dealkylation sites (tertiary alicyclic amines) is 1. The lowest BCUT2D eigenvalue weighted by atomic mass is 10.0. The van der Waals surface area contributed by atoms with E-state index in [9.17, 15) is 14.9 Å². The molecule has 1 saturated heterocycles. The van der Waals surface area contributed by atoms with Crippen LogP contribution in [0.3, 0.4) is 0 Å². The van der Waals surface area contributed by atoms with E-state index in [0.29, 0.717) is 41.5 Å². The summed E-state index contributed by atoms with van der Waals surface area (Å²) in [5.74, 6) is 1.28. The minimum atomic E-state index is -0.402. The number of hydrogen-bond acceptors (Lipinski definition) is 6. The van der Waals surface area contributed by atoms with Gasteiger partial charge < -0.3 is 14.4 Å². The van der Waals surface area contributed by atoms with Gasteiger partial charge in [0.15, 0.2) is 11.5 Å². The lowest BCUT2D eigenvalue weighted by Crippen LogP contribution is -2.30. The highest BCUT2D eigenvalue weighted by Gasteiger charge is 2.31. The van der Waals surface area contributed by atoms with E-state index in [0.717, 1.165) is 24.0 Å². The van der Waals surface area contributed by atoms with Crippen LogP contribution in [0.15, 0.2) is 42.5 Å². The van der Waals surface area contributed by atoms with E-state index in [-0.39, 0.29) is 17.6 Å². The van der Waals surface area contributed by atoms with Gasteiger partial charge in [0.2, 0.25) is 0 Å². The van der Waals surface area contributed by atoms with Crippen molar-refractivity contribution in [1.29, 1.82) is 0 Å². The molecule has 1 aliphatic rings. The molecule has 1 amide bonds. The molecule has 1 aliphatic heterocycles. The Hall–Kier alpha value is -3.88. The van der Waals surface area contributed by atoms with Crippen LogP contribution in [-0.4, -0.2) is 46.3 Å². The van der Waals surface area contributed by atoms with E-state index in [4.69, 9.17) is 9.47 Å². The fourth-order valence-electron chi connectivity index (χ4n) is 4.61. The van der Waals surface area contributed by atoms with Gasteiger partial charge in [-0.05, 0) is 62.1 Å². The first kappa shape index (κ1) is 23.3. The first-order valence-corrected chi connectivity index (χ1v) is 11.1. The van der Waals surface area contributed by atoms with Crippen molar-refractivity contribution in [1.82, 2.24) is 14.7 Å². The molecule has 0 saturated carbocycles. The predicted octanol–water partition coefficient (Wildman–Crippen LogP) is 4.45. The smallest absolute Gasteiger partial charge is 0.312 e. The lowest BCUT2D eigenvalue weighted by molar-refractivity contribution is -0.386. The summed E-state index contributed by atoms with van der Waals surface area (Å²) in [6.45, 7) is 4.41. The van der Waals surface area contributed by atoms with Crippen LogP contribution < -0.4 is 9.47 Å². The Labute approximate surface area is 198 Å². The standard InChI is InChI=1S/C25H28N4O5/c1-16-24(29(31)32)17(2)28(26-16)15-18-7-9-19(10-8-18)25(30)27-13-5-6-21(27)20-11-12-22(33-3)23(14-20)34-4/h7-12,14,21H,5-6,13,15H2,1-4H3. The number of hydrogen-bond donors (Lipinski definition) is 0. The summed E-state index contributed by atoms with van der Waals surface area (Å²) in [7, 11) is 3.20. The van der Waals surface area contributed by atoms with Gasteiger partial charge in [-0.2, -0.15) is 5.10 Å². The van der Waals surface area contributed by atoms with Crippen LogP contribution in [-0.2, 0) is 6.54 Å². The Morgan fingerprint density at radius 3 is 2.44 bits per heavy atom. The fourth-order valence-corrected chi connectivity index (χ4v) is 4.61. The van der Waals surface area contributed by atoms with Gasteiger partial charge >= 0.3 is 5.69 Å². The highest BCUT2D eigenvalue weighted by Crippen LogP contribution is 2.37. The Morgan fingerprint density at radius 2 is 1.82 bits per heavy atom. The minimum Gasteiger partial charge on any atom is -0.493 e. The molecule has 2 aromatic carbocycles. The number of nitro groups is 1. The van der Waals surface area contributed by atoms with Gasteiger partial charge in [0.05, 0.1) is 31.7 Å². The molecule has 9 nitrogen and oxygen atoms in total. The number of benzene rings is 2. The highest BCUT2D eigenvalue weighted by atomic mass is 16.6. The maximum absolute atomic E-state index is 13.3. The molecule has 1 aromatic heterocycles. The third-order valence-corrected chi connectivity index (χ3v) is 6.37. The largest absolute Gasteiger partial charge is 0.493 e. The second-order valence-electron chi connectivity index (χ2n) is 8.40. The van der Waals surface area contributed by atoms with E-state index >= 15 is 0 Å². The third-order valence-electron chi connectivity index (χ3n) is 6.37. The topological polar surface area (TPSA) is 99.7 Å². The van der Waals surface area contributed by atoms with Crippen molar-refractivity contribution < 1.29 is 19.2 Å². The Bertz CT molecular complexity index is 1220. The zero-order valence-corrected chi connectivity index (χ0v) is 19.8. The van der Waals surface area contributed by atoms with Gasteiger partial charge in [0, 0.05) is 12.1 Å². The van der Waals surface area contributed by atoms with E-state index in [1.54, 1.807) is 32.7 Å². The predicted molar refractivity (Wildman–Crippen MR) is 126 cm³/mol. The SMILES string of the molecule is COc1ccc(C2CCCN2C(=O)c2ccc(Cn3nc(C)c([N+](=O)[O-])c3C)cc2)cc1OC. The second kappa shape index (κ2) is 9.54. The molecular formula is C25H28N4O5. The molecule has 1 fully saturated rings. The van der Waals surface area contributed by atoms with Gasteiger partial charge in [-0.3, -0.25) is 19.6 Å². The van der Waals surface area contributed by atoms with Gasteiger partial charge in [0.25, 0.3) is 5.91 Å². The first-order chi connectivity index (χ1) is 16.3. The molecular weight excluding hydrogens is 436 g/mol. The number of ether oxygens (including phenoxy) is 2. The van der Waals surface area contributed by atoms with E-state index < -0.39 is 4.92 Å². The van der Waals surface area contributed by atoms with Crippen LogP contribution in [0.1, 0.15) is 51.8 Å². The number of aromatic nitrogens is 2. The van der Waals surface area contributed by atoms with Crippen molar-refractivity contribution in [3.05, 3.63) is 80.7 Å². The van der Waals surface area contributed by atoms with Gasteiger partial charge in [0.1, 0.15) is 11.4 Å². The number of amides is 1. The van der Waals surface area contributed by atoms with Crippen LogP contribution in [0.5, 0.6) is 11.5 Å². The molecule has 9 heteroatoms. The first-order valence-electron chi connectivity index (χ1n) is 11.1. The highest BCUT2D eigenvalue weighted by molar-refractivity contribution is 5.94. The molecule has 178 valence electrons. The quantitative estimate of drug-likeness (QED) is 0.378. The van der Waals surface area contributed by atoms with Crippen LogP contribution in [0.4, 0.5) is 5.69 Å². The summed E-state index contributed by atoms with van der Waals surface area (Å²) < 4.78 is 12.4. The number of carbonyl (C=O) groups excluding carboxylic acids is 1. The summed E-state index contributed by atoms with van der Waals surface area (Å²) in [6.07, 6.45) is 1.82. The van der Waals surface area contributed by atoms with Crippen molar-refractivity contribution in [2.45, 2.75) is 39.3 Å². The zero-order valence-electron chi connectivity index (χ0n) is 19.8. The van der Waals surface area contributed by atoms with Crippen LogP contribution >= 0.6 is 0 Å². The second-order valence-corrected chi connectivity index (χ2v) is 8.40. The molecule has 1 atom stereocenters. The number of methoxy groups -OCH3 is 2. The summed E-state index contributed by atoms with van der Waals surface area (Å²) in [5.41, 5.74) is 3.49. The molecule has 0 N–H and O–H groups in total. The van der Waals surface area contributed by atoms with Crippen LogP contribution in [0.2, 0.25) is 0 Å². The molecule has 4 rings (SSSR count). The van der Waals surface area contributed by atoms with Gasteiger partial charge in [-0.15, -0.1) is 0 Å². The third kappa shape index (κ3) is 4.33. The minimum absolute atomic E-state index is 0.0226. The summed E-state index contributed by atoms with van der Waals surface area (Å²) in [4.78, 5) is 26.1. The molecule has 0 radical (unpaired) electrons. The summed E-state index contributed by atoms with van der Waals surface area (Å²) >= 11 is 0. The molecule has 1 unspecified atom stereocenters. The zero-order chi connectivity index (χ0) is 24.4. The van der Waals surface area contributed by atoms with Crippen molar-refractivity contribution in [3.8, 4) is 11.5 Å². The van der Waals surface area contributed by atoms with E-state index in [1.165, 1.54) is 0 Å². The normalized spacial score (nSPS) is 15.4. The number of aryl methyl sites for hydroxylation is 1. The van der Waals surface area contributed by atoms with Crippen molar-refractivity contribution >= 4 is 11.6 Å².